The molecule has 1 atom stereocenters. The van der Waals surface area contributed by atoms with Gasteiger partial charge in [-0.1, -0.05) is 0 Å². The summed E-state index contributed by atoms with van der Waals surface area (Å²) < 4.78 is 12.2. The van der Waals surface area contributed by atoms with Gasteiger partial charge >= 0.3 is 5.97 Å². The van der Waals surface area contributed by atoms with E-state index in [4.69, 9.17) is 14.1 Å². The van der Waals surface area contributed by atoms with Crippen molar-refractivity contribution in [2.75, 3.05) is 18.6 Å². The Labute approximate surface area is 144 Å². The van der Waals surface area contributed by atoms with Crippen LogP contribution in [0.2, 0.25) is 0 Å². The minimum Gasteiger partial charge on any atom is -0.467 e. The molecule has 4 heterocycles. The molecule has 1 saturated heterocycles. The third kappa shape index (κ3) is 2.28. The topological polar surface area (TPSA) is 86.3 Å². The second kappa shape index (κ2) is 5.58. The Bertz CT molecular complexity index is 933. The van der Waals surface area contributed by atoms with Gasteiger partial charge in [0.2, 0.25) is 0 Å². The molecule has 4 rings (SSSR count). The predicted octanol–water partition coefficient (Wildman–Crippen LogP) is 2.16. The second-order valence-corrected chi connectivity index (χ2v) is 6.37. The molecule has 3 aromatic rings. The molecule has 8 nitrogen and oxygen atoms in total. The van der Waals surface area contributed by atoms with Crippen molar-refractivity contribution in [3.8, 4) is 11.6 Å². The first-order valence-electron chi connectivity index (χ1n) is 8.14. The number of methoxy groups -OCH3 is 1. The van der Waals surface area contributed by atoms with Gasteiger partial charge in [-0.25, -0.2) is 14.8 Å². The molecule has 0 N–H and O–H groups in total. The molecular weight excluding hydrogens is 322 g/mol. The summed E-state index contributed by atoms with van der Waals surface area (Å²) in [6.07, 6.45) is 4.90. The van der Waals surface area contributed by atoms with Crippen LogP contribution in [0.1, 0.15) is 19.8 Å². The molecule has 1 aliphatic heterocycles. The monoisotopic (exact) mass is 341 g/mol. The zero-order valence-corrected chi connectivity index (χ0v) is 14.4. The van der Waals surface area contributed by atoms with Crippen molar-refractivity contribution >= 4 is 22.8 Å². The van der Waals surface area contributed by atoms with Crippen LogP contribution in [-0.4, -0.2) is 44.9 Å². The summed E-state index contributed by atoms with van der Waals surface area (Å²) in [5.74, 6) is 1.45. The van der Waals surface area contributed by atoms with E-state index in [1.54, 1.807) is 23.2 Å². The molecule has 0 unspecified atom stereocenters. The lowest BCUT2D eigenvalue weighted by atomic mass is 9.99. The number of aromatic nitrogens is 4. The molecule has 1 aliphatic rings. The molecule has 25 heavy (non-hydrogen) atoms. The lowest BCUT2D eigenvalue weighted by Crippen LogP contribution is -2.49. The average molecular weight is 341 g/mol. The molecule has 0 radical (unpaired) electrons. The second-order valence-electron chi connectivity index (χ2n) is 6.37. The van der Waals surface area contributed by atoms with Crippen LogP contribution >= 0.6 is 0 Å². The molecule has 0 aliphatic carbocycles. The highest BCUT2D eigenvalue weighted by Crippen LogP contribution is 2.38. The number of esters is 1. The number of hydrogen-bond acceptors (Lipinski definition) is 7. The number of carbonyl (C=O) groups excluding carboxylic acids is 1. The molecule has 0 bridgehead atoms. The maximum atomic E-state index is 12.4. The first-order chi connectivity index (χ1) is 12.0. The van der Waals surface area contributed by atoms with Gasteiger partial charge < -0.3 is 14.1 Å². The Kier molecular flexibility index (Phi) is 3.48. The fraction of sp³-hybridized carbons (Fsp3) is 0.412. The fourth-order valence-electron chi connectivity index (χ4n) is 3.46. The number of hydrogen-bond donors (Lipinski definition) is 0. The van der Waals surface area contributed by atoms with Crippen molar-refractivity contribution in [1.29, 1.82) is 0 Å². The van der Waals surface area contributed by atoms with Gasteiger partial charge in [-0.3, -0.25) is 4.68 Å². The molecular formula is C17H19N5O3. The van der Waals surface area contributed by atoms with E-state index < -0.39 is 5.54 Å². The highest BCUT2D eigenvalue weighted by atomic mass is 16.5. The van der Waals surface area contributed by atoms with E-state index in [0.717, 1.165) is 11.8 Å². The van der Waals surface area contributed by atoms with Gasteiger partial charge in [-0.05, 0) is 31.9 Å². The van der Waals surface area contributed by atoms with E-state index in [2.05, 4.69) is 10.1 Å². The molecule has 1 fully saturated rings. The van der Waals surface area contributed by atoms with Crippen LogP contribution in [0, 0.1) is 0 Å². The molecule has 0 spiro atoms. The van der Waals surface area contributed by atoms with Crippen LogP contribution in [-0.2, 0) is 16.6 Å². The largest absolute Gasteiger partial charge is 0.467 e. The van der Waals surface area contributed by atoms with Crippen molar-refractivity contribution in [2.45, 2.75) is 25.3 Å². The first kappa shape index (κ1) is 15.6. The van der Waals surface area contributed by atoms with Crippen LogP contribution in [0.3, 0.4) is 0 Å². The molecule has 0 aromatic carbocycles. The summed E-state index contributed by atoms with van der Waals surface area (Å²) >= 11 is 0. The van der Waals surface area contributed by atoms with Gasteiger partial charge in [0, 0.05) is 13.6 Å². The van der Waals surface area contributed by atoms with Crippen molar-refractivity contribution < 1.29 is 13.9 Å². The Morgan fingerprint density at radius 2 is 2.24 bits per heavy atom. The van der Waals surface area contributed by atoms with Gasteiger partial charge in [0.1, 0.15) is 11.4 Å². The number of rotatable bonds is 3. The van der Waals surface area contributed by atoms with Crippen LogP contribution in [0.4, 0.5) is 5.82 Å². The summed E-state index contributed by atoms with van der Waals surface area (Å²) in [7, 11) is 3.24. The number of carbonyl (C=O) groups is 1. The van der Waals surface area contributed by atoms with Crippen LogP contribution in [0.25, 0.3) is 22.6 Å². The molecule has 0 amide bonds. The van der Waals surface area contributed by atoms with Gasteiger partial charge in [-0.2, -0.15) is 5.10 Å². The number of furan rings is 1. The molecule has 0 saturated carbocycles. The van der Waals surface area contributed by atoms with E-state index >= 15 is 0 Å². The Hall–Kier alpha value is -2.90. The minimum absolute atomic E-state index is 0.264. The summed E-state index contributed by atoms with van der Waals surface area (Å²) in [6.45, 7) is 2.60. The highest BCUT2D eigenvalue weighted by Gasteiger charge is 2.46. The Morgan fingerprint density at radius 3 is 2.96 bits per heavy atom. The van der Waals surface area contributed by atoms with Crippen LogP contribution in [0.15, 0.2) is 29.0 Å². The Balaban J connectivity index is 1.93. The minimum atomic E-state index is -0.758. The third-order valence-electron chi connectivity index (χ3n) is 4.84. The van der Waals surface area contributed by atoms with Gasteiger partial charge in [0.15, 0.2) is 17.2 Å². The number of fused-ring (bicyclic) bond motifs is 1. The fourth-order valence-corrected chi connectivity index (χ4v) is 3.46. The number of aryl methyl sites for hydroxylation is 1. The molecule has 3 aromatic heterocycles. The smallest absolute Gasteiger partial charge is 0.331 e. The van der Waals surface area contributed by atoms with Crippen molar-refractivity contribution in [3.63, 3.8) is 0 Å². The summed E-state index contributed by atoms with van der Waals surface area (Å²) in [5, 5.41) is 5.10. The first-order valence-corrected chi connectivity index (χ1v) is 8.14. The lowest BCUT2D eigenvalue weighted by Gasteiger charge is -2.33. The van der Waals surface area contributed by atoms with Crippen LogP contribution in [0.5, 0.6) is 0 Å². The van der Waals surface area contributed by atoms with E-state index in [-0.39, 0.29) is 5.97 Å². The quantitative estimate of drug-likeness (QED) is 0.675. The van der Waals surface area contributed by atoms with Crippen molar-refractivity contribution in [3.05, 3.63) is 24.6 Å². The standard InChI is InChI=1S/C17H19N5O3/c1-17(16(23)24-3)7-5-8-22(17)15-11-10-18-21(2)14(11)19-13(20-15)12-6-4-9-25-12/h4,6,9-10H,5,7-8H2,1-3H3/t17-/m0/s1. The molecule has 8 heteroatoms. The lowest BCUT2D eigenvalue weighted by molar-refractivity contribution is -0.146. The average Bonchev–Trinajstić information content (AvgIpc) is 3.35. The highest BCUT2D eigenvalue weighted by molar-refractivity contribution is 5.93. The SMILES string of the molecule is COC(=O)[C@]1(C)CCCN1c1nc(-c2ccco2)nc2c1cnn2C. The zero-order valence-electron chi connectivity index (χ0n) is 14.4. The third-order valence-corrected chi connectivity index (χ3v) is 4.84. The predicted molar refractivity (Wildman–Crippen MR) is 91.0 cm³/mol. The van der Waals surface area contributed by atoms with Crippen LogP contribution < -0.4 is 4.90 Å². The summed E-state index contributed by atoms with van der Waals surface area (Å²) in [6, 6.07) is 3.60. The van der Waals surface area contributed by atoms with E-state index in [1.165, 1.54) is 7.11 Å². The van der Waals surface area contributed by atoms with E-state index in [0.29, 0.717) is 36.0 Å². The normalized spacial score (nSPS) is 20.4. The van der Waals surface area contributed by atoms with Gasteiger partial charge in [0.05, 0.1) is 25.0 Å². The number of nitrogens with zero attached hydrogens (tertiary/aromatic N) is 5. The number of anilines is 1. The maximum absolute atomic E-state index is 12.4. The Morgan fingerprint density at radius 1 is 1.40 bits per heavy atom. The van der Waals surface area contributed by atoms with Crippen molar-refractivity contribution in [2.24, 2.45) is 7.05 Å². The summed E-state index contributed by atoms with van der Waals surface area (Å²) in [4.78, 5) is 23.7. The van der Waals surface area contributed by atoms with Gasteiger partial charge in [-0.15, -0.1) is 0 Å². The molecule has 130 valence electrons. The maximum Gasteiger partial charge on any atom is 0.331 e. The van der Waals surface area contributed by atoms with Crippen molar-refractivity contribution in [1.82, 2.24) is 19.7 Å². The van der Waals surface area contributed by atoms with E-state index in [9.17, 15) is 4.79 Å². The summed E-state index contributed by atoms with van der Waals surface area (Å²) in [5.41, 5.74) is -0.0673. The van der Waals surface area contributed by atoms with Gasteiger partial charge in [0.25, 0.3) is 0 Å². The zero-order chi connectivity index (χ0) is 17.6. The van der Waals surface area contributed by atoms with E-state index in [1.807, 2.05) is 24.9 Å². The number of ether oxygens (including phenoxy) is 1.